The fourth-order valence-electron chi connectivity index (χ4n) is 3.54. The quantitative estimate of drug-likeness (QED) is 0.729. The number of carbonyl (C=O) groups excluding carboxylic acids is 2. The number of fused-ring (bicyclic) bond motifs is 2. The van der Waals surface area contributed by atoms with Crippen molar-refractivity contribution in [2.24, 2.45) is 5.73 Å². The molecule has 0 spiro atoms. The van der Waals surface area contributed by atoms with E-state index in [0.717, 1.165) is 29.5 Å². The summed E-state index contributed by atoms with van der Waals surface area (Å²) >= 11 is 0. The summed E-state index contributed by atoms with van der Waals surface area (Å²) < 4.78 is 0. The lowest BCUT2D eigenvalue weighted by molar-refractivity contribution is 0.0879. The number of benzene rings is 2. The van der Waals surface area contributed by atoms with Gasteiger partial charge in [0.25, 0.3) is 11.8 Å². The lowest BCUT2D eigenvalue weighted by Crippen LogP contribution is -2.48. The number of rotatable bonds is 2. The molecular formula is C19H18N2O3. The predicted molar refractivity (Wildman–Crippen MR) is 89.7 cm³/mol. The highest BCUT2D eigenvalue weighted by Gasteiger charge is 2.30. The Kier molecular flexibility index (Phi) is 3.30. The smallest absolute Gasteiger partial charge is 0.258 e. The average molecular weight is 322 g/mol. The van der Waals surface area contributed by atoms with Crippen LogP contribution in [0.15, 0.2) is 36.4 Å². The van der Waals surface area contributed by atoms with Crippen molar-refractivity contribution in [1.29, 1.82) is 0 Å². The molecule has 0 saturated carbocycles. The first-order chi connectivity index (χ1) is 11.5. The maximum absolute atomic E-state index is 11.8. The largest absolute Gasteiger partial charge is 0.394 e. The number of carbonyl (C=O) groups is 2. The van der Waals surface area contributed by atoms with Crippen molar-refractivity contribution in [2.75, 3.05) is 6.61 Å². The summed E-state index contributed by atoms with van der Waals surface area (Å²) in [6.07, 6.45) is 2.24. The third-order valence-electron chi connectivity index (χ3n) is 5.03. The molecule has 5 heteroatoms. The van der Waals surface area contributed by atoms with E-state index in [2.05, 4.69) is 11.4 Å². The van der Waals surface area contributed by atoms with Crippen molar-refractivity contribution in [3.8, 4) is 11.1 Å². The second-order valence-corrected chi connectivity index (χ2v) is 6.72. The monoisotopic (exact) mass is 322 g/mol. The van der Waals surface area contributed by atoms with Crippen molar-refractivity contribution >= 4 is 11.8 Å². The summed E-state index contributed by atoms with van der Waals surface area (Å²) in [5.74, 6) is -0.680. The summed E-state index contributed by atoms with van der Waals surface area (Å²) in [4.78, 5) is 23.5. The van der Waals surface area contributed by atoms with Crippen molar-refractivity contribution in [1.82, 2.24) is 5.32 Å². The molecule has 2 aromatic carbocycles. The number of hydrogen-bond acceptors (Lipinski definition) is 4. The van der Waals surface area contributed by atoms with E-state index in [-0.39, 0.29) is 18.4 Å². The van der Waals surface area contributed by atoms with Crippen molar-refractivity contribution < 1.29 is 14.7 Å². The molecule has 4 N–H and O–H groups in total. The Morgan fingerprint density at radius 1 is 1.00 bits per heavy atom. The van der Waals surface area contributed by atoms with Gasteiger partial charge in [-0.1, -0.05) is 24.3 Å². The normalized spacial score (nSPS) is 22.1. The topological polar surface area (TPSA) is 92.4 Å². The third-order valence-corrected chi connectivity index (χ3v) is 5.03. The molecule has 1 heterocycles. The van der Waals surface area contributed by atoms with Gasteiger partial charge in [-0.15, -0.1) is 0 Å². The number of nitrogens with two attached hydrogens (primary N) is 1. The zero-order chi connectivity index (χ0) is 16.9. The molecule has 24 heavy (non-hydrogen) atoms. The van der Waals surface area contributed by atoms with Crippen LogP contribution in [0.2, 0.25) is 0 Å². The van der Waals surface area contributed by atoms with Gasteiger partial charge < -0.3 is 10.8 Å². The first kappa shape index (κ1) is 15.1. The maximum Gasteiger partial charge on any atom is 0.258 e. The highest BCUT2D eigenvalue weighted by atomic mass is 16.3. The van der Waals surface area contributed by atoms with Gasteiger partial charge in [0.15, 0.2) is 0 Å². The maximum atomic E-state index is 11.8. The van der Waals surface area contributed by atoms with E-state index in [9.17, 15) is 14.7 Å². The molecule has 2 aliphatic rings. The Hall–Kier alpha value is -2.50. The van der Waals surface area contributed by atoms with Crippen molar-refractivity contribution in [3.05, 3.63) is 58.7 Å². The first-order valence-corrected chi connectivity index (χ1v) is 8.01. The highest BCUT2D eigenvalue weighted by Crippen LogP contribution is 2.32. The molecule has 1 unspecified atom stereocenters. The number of aliphatic hydroxyl groups is 1. The second kappa shape index (κ2) is 5.26. The molecule has 2 aromatic rings. The molecular weight excluding hydrogens is 304 g/mol. The zero-order valence-electron chi connectivity index (χ0n) is 13.1. The van der Waals surface area contributed by atoms with E-state index < -0.39 is 5.54 Å². The van der Waals surface area contributed by atoms with Crippen molar-refractivity contribution in [3.63, 3.8) is 0 Å². The van der Waals surface area contributed by atoms with Crippen LogP contribution in [0.25, 0.3) is 11.1 Å². The van der Waals surface area contributed by atoms with Crippen LogP contribution in [0.1, 0.15) is 38.3 Å². The Morgan fingerprint density at radius 2 is 1.71 bits per heavy atom. The van der Waals surface area contributed by atoms with Crippen molar-refractivity contribution in [2.45, 2.75) is 24.8 Å². The minimum absolute atomic E-state index is 0.0118. The lowest BCUT2D eigenvalue weighted by atomic mass is 9.78. The summed E-state index contributed by atoms with van der Waals surface area (Å²) in [7, 11) is 0. The van der Waals surface area contributed by atoms with Crippen LogP contribution < -0.4 is 11.1 Å². The number of aryl methyl sites for hydroxylation is 1. The Bertz CT molecular complexity index is 875. The molecule has 0 radical (unpaired) electrons. The average Bonchev–Trinajstić information content (AvgIpc) is 2.88. The predicted octanol–water partition coefficient (Wildman–Crippen LogP) is 1.42. The van der Waals surface area contributed by atoms with Gasteiger partial charge in [0.05, 0.1) is 17.7 Å². The highest BCUT2D eigenvalue weighted by molar-refractivity contribution is 6.21. The minimum atomic E-state index is -0.527. The Labute approximate surface area is 139 Å². The standard InChI is InChI=1S/C19H18N2O3/c20-19(10-22)6-5-13-7-11(1-2-14(13)9-19)12-3-4-15-16(8-12)18(24)21-17(15)23/h1-4,7-8,22H,5-6,9-10,20H2,(H,21,23,24). The van der Waals surface area contributed by atoms with Gasteiger partial charge in [-0.3, -0.25) is 14.9 Å². The summed E-state index contributed by atoms with van der Waals surface area (Å²) in [6.45, 7) is -0.0118. The first-order valence-electron chi connectivity index (χ1n) is 8.01. The Morgan fingerprint density at radius 3 is 2.50 bits per heavy atom. The fourth-order valence-corrected chi connectivity index (χ4v) is 3.54. The van der Waals surface area contributed by atoms with Gasteiger partial charge in [0, 0.05) is 5.54 Å². The summed E-state index contributed by atoms with van der Waals surface area (Å²) in [5, 5.41) is 11.8. The molecule has 0 saturated heterocycles. The number of hydrogen-bond donors (Lipinski definition) is 3. The van der Waals surface area contributed by atoms with Gasteiger partial charge in [-0.2, -0.15) is 0 Å². The van der Waals surface area contributed by atoms with E-state index in [1.54, 1.807) is 12.1 Å². The van der Waals surface area contributed by atoms with Crippen LogP contribution in [0.5, 0.6) is 0 Å². The van der Waals surface area contributed by atoms with Crippen LogP contribution in [0.4, 0.5) is 0 Å². The summed E-state index contributed by atoms with van der Waals surface area (Å²) in [5.41, 5.74) is 10.8. The molecule has 1 aliphatic heterocycles. The van der Waals surface area contributed by atoms with E-state index in [4.69, 9.17) is 5.73 Å². The molecule has 2 amide bonds. The molecule has 4 rings (SSSR count). The zero-order valence-corrected chi connectivity index (χ0v) is 13.1. The lowest BCUT2D eigenvalue weighted by Gasteiger charge is -2.33. The van der Waals surface area contributed by atoms with E-state index in [1.165, 1.54) is 5.56 Å². The third kappa shape index (κ3) is 2.33. The van der Waals surface area contributed by atoms with Crippen LogP contribution in [-0.4, -0.2) is 29.1 Å². The molecule has 0 bridgehead atoms. The minimum Gasteiger partial charge on any atom is -0.394 e. The van der Waals surface area contributed by atoms with Gasteiger partial charge in [-0.25, -0.2) is 0 Å². The van der Waals surface area contributed by atoms with Gasteiger partial charge >= 0.3 is 0 Å². The van der Waals surface area contributed by atoms with Crippen LogP contribution in [0, 0.1) is 0 Å². The number of amides is 2. The number of imide groups is 1. The van der Waals surface area contributed by atoms with Crippen LogP contribution >= 0.6 is 0 Å². The van der Waals surface area contributed by atoms with E-state index >= 15 is 0 Å². The molecule has 5 nitrogen and oxygen atoms in total. The molecule has 1 atom stereocenters. The van der Waals surface area contributed by atoms with E-state index in [1.807, 2.05) is 18.2 Å². The molecule has 0 aromatic heterocycles. The number of aliphatic hydroxyl groups excluding tert-OH is 1. The van der Waals surface area contributed by atoms with Gasteiger partial charge in [0.1, 0.15) is 0 Å². The van der Waals surface area contributed by atoms with Crippen LogP contribution in [0.3, 0.4) is 0 Å². The molecule has 1 aliphatic carbocycles. The Balaban J connectivity index is 1.71. The molecule has 0 fully saturated rings. The number of nitrogens with one attached hydrogen (secondary N) is 1. The summed E-state index contributed by atoms with van der Waals surface area (Å²) in [6, 6.07) is 11.5. The molecule has 122 valence electrons. The fraction of sp³-hybridized carbons (Fsp3) is 0.263. The SMILES string of the molecule is NC1(CO)CCc2cc(-c3ccc4c(c3)C(=O)NC4=O)ccc2C1. The van der Waals surface area contributed by atoms with Gasteiger partial charge in [0.2, 0.25) is 0 Å². The van der Waals surface area contributed by atoms with E-state index in [0.29, 0.717) is 17.5 Å². The van der Waals surface area contributed by atoms with Gasteiger partial charge in [-0.05, 0) is 53.6 Å². The van der Waals surface area contributed by atoms with Crippen LogP contribution in [-0.2, 0) is 12.8 Å². The second-order valence-electron chi connectivity index (χ2n) is 6.72.